The molecule has 1 aromatic carbocycles. The van der Waals surface area contributed by atoms with E-state index in [0.717, 1.165) is 26.1 Å². The Balaban J connectivity index is 1.90. The van der Waals surface area contributed by atoms with Crippen molar-refractivity contribution in [2.75, 3.05) is 19.7 Å². The van der Waals surface area contributed by atoms with E-state index < -0.39 is 0 Å². The summed E-state index contributed by atoms with van der Waals surface area (Å²) in [5.74, 6) is 0. The van der Waals surface area contributed by atoms with E-state index in [-0.39, 0.29) is 0 Å². The van der Waals surface area contributed by atoms with Crippen molar-refractivity contribution in [2.45, 2.75) is 12.5 Å². The quantitative estimate of drug-likeness (QED) is 0.664. The molecule has 0 amide bonds. The number of benzene rings is 1. The van der Waals surface area contributed by atoms with Gasteiger partial charge in [-0.05, 0) is 12.0 Å². The SMILES string of the molecule is c1ccc(C[C@@H]2C[N]CCO2)cc1. The standard InChI is InChI=1S/C11H14NO/c1-2-4-10(5-3-1)8-11-9-12-6-7-13-11/h1-5,11H,6-9H2/t11-/m1/s1. The predicted molar refractivity (Wildman–Crippen MR) is 51.8 cm³/mol. The average molecular weight is 176 g/mol. The van der Waals surface area contributed by atoms with Crippen LogP contribution in [0.1, 0.15) is 5.56 Å². The molecule has 0 spiro atoms. The maximum atomic E-state index is 5.59. The van der Waals surface area contributed by atoms with E-state index in [2.05, 4.69) is 29.6 Å². The van der Waals surface area contributed by atoms with E-state index in [9.17, 15) is 0 Å². The molecule has 1 heterocycles. The minimum absolute atomic E-state index is 0.302. The molecule has 1 aliphatic rings. The molecule has 0 bridgehead atoms. The van der Waals surface area contributed by atoms with Gasteiger partial charge in [-0.2, -0.15) is 0 Å². The van der Waals surface area contributed by atoms with Gasteiger partial charge in [-0.25, -0.2) is 5.32 Å². The third kappa shape index (κ3) is 2.54. The van der Waals surface area contributed by atoms with Crippen LogP contribution >= 0.6 is 0 Å². The first kappa shape index (κ1) is 8.73. The Morgan fingerprint density at radius 2 is 2.15 bits per heavy atom. The minimum Gasteiger partial charge on any atom is -0.375 e. The van der Waals surface area contributed by atoms with Gasteiger partial charge in [0.25, 0.3) is 0 Å². The normalized spacial score (nSPS) is 22.9. The molecular weight excluding hydrogens is 162 g/mol. The fraction of sp³-hybridized carbons (Fsp3) is 0.455. The monoisotopic (exact) mass is 176 g/mol. The highest BCUT2D eigenvalue weighted by Gasteiger charge is 2.13. The van der Waals surface area contributed by atoms with Gasteiger partial charge in [-0.3, -0.25) is 0 Å². The highest BCUT2D eigenvalue weighted by atomic mass is 16.5. The second kappa shape index (κ2) is 4.40. The molecule has 1 aromatic rings. The number of ether oxygens (including phenoxy) is 1. The Bertz CT molecular complexity index is 242. The molecule has 1 radical (unpaired) electrons. The molecule has 2 nitrogen and oxygen atoms in total. The number of rotatable bonds is 2. The van der Waals surface area contributed by atoms with Gasteiger partial charge in [-0.15, -0.1) is 0 Å². The summed E-state index contributed by atoms with van der Waals surface area (Å²) in [5, 5.41) is 4.33. The van der Waals surface area contributed by atoms with Gasteiger partial charge >= 0.3 is 0 Å². The summed E-state index contributed by atoms with van der Waals surface area (Å²) in [7, 11) is 0. The van der Waals surface area contributed by atoms with Gasteiger partial charge in [0.15, 0.2) is 0 Å². The lowest BCUT2D eigenvalue weighted by molar-refractivity contribution is 0.0276. The van der Waals surface area contributed by atoms with Crippen LogP contribution in [0.2, 0.25) is 0 Å². The Labute approximate surface area is 78.9 Å². The summed E-state index contributed by atoms with van der Waals surface area (Å²) in [6, 6.07) is 10.4. The van der Waals surface area contributed by atoms with Crippen molar-refractivity contribution in [1.29, 1.82) is 0 Å². The van der Waals surface area contributed by atoms with Crippen LogP contribution in [0.4, 0.5) is 0 Å². The van der Waals surface area contributed by atoms with E-state index in [1.54, 1.807) is 0 Å². The average Bonchev–Trinajstić information content (AvgIpc) is 2.21. The smallest absolute Gasteiger partial charge is 0.0757 e. The third-order valence-corrected chi connectivity index (χ3v) is 2.24. The molecule has 1 atom stereocenters. The van der Waals surface area contributed by atoms with Gasteiger partial charge in [-0.1, -0.05) is 30.3 Å². The van der Waals surface area contributed by atoms with Crippen molar-refractivity contribution >= 4 is 0 Å². The maximum absolute atomic E-state index is 5.59. The number of hydrogen-bond donors (Lipinski definition) is 0. The van der Waals surface area contributed by atoms with Crippen molar-refractivity contribution in [1.82, 2.24) is 5.32 Å². The van der Waals surface area contributed by atoms with E-state index in [4.69, 9.17) is 4.74 Å². The highest BCUT2D eigenvalue weighted by molar-refractivity contribution is 5.15. The second-order valence-electron chi connectivity index (χ2n) is 3.31. The lowest BCUT2D eigenvalue weighted by atomic mass is 10.1. The van der Waals surface area contributed by atoms with E-state index in [1.165, 1.54) is 5.56 Å². The molecule has 13 heavy (non-hydrogen) atoms. The fourth-order valence-corrected chi connectivity index (χ4v) is 1.57. The summed E-state index contributed by atoms with van der Waals surface area (Å²) < 4.78 is 5.59. The van der Waals surface area contributed by atoms with E-state index >= 15 is 0 Å². The molecular formula is C11H14NO. The van der Waals surface area contributed by atoms with Crippen LogP contribution in [0.3, 0.4) is 0 Å². The molecule has 2 rings (SSSR count). The van der Waals surface area contributed by atoms with Crippen LogP contribution in [0, 0.1) is 0 Å². The topological polar surface area (TPSA) is 23.3 Å². The number of morpholine rings is 1. The molecule has 1 saturated heterocycles. The van der Waals surface area contributed by atoms with Crippen LogP contribution in [0.25, 0.3) is 0 Å². The van der Waals surface area contributed by atoms with E-state index in [1.807, 2.05) is 6.07 Å². The summed E-state index contributed by atoms with van der Waals surface area (Å²) >= 11 is 0. The van der Waals surface area contributed by atoms with Crippen LogP contribution in [0.5, 0.6) is 0 Å². The highest BCUT2D eigenvalue weighted by Crippen LogP contribution is 2.07. The van der Waals surface area contributed by atoms with Crippen molar-refractivity contribution < 1.29 is 4.74 Å². The summed E-state index contributed by atoms with van der Waals surface area (Å²) in [6.45, 7) is 2.51. The lowest BCUT2D eigenvalue weighted by Gasteiger charge is -2.22. The molecule has 0 unspecified atom stereocenters. The molecule has 1 fully saturated rings. The summed E-state index contributed by atoms with van der Waals surface area (Å²) in [6.07, 6.45) is 1.29. The van der Waals surface area contributed by atoms with Crippen molar-refractivity contribution in [3.63, 3.8) is 0 Å². The van der Waals surface area contributed by atoms with Crippen LogP contribution in [0.15, 0.2) is 30.3 Å². The van der Waals surface area contributed by atoms with Crippen molar-refractivity contribution in [3.8, 4) is 0 Å². The molecule has 2 heteroatoms. The second-order valence-corrected chi connectivity index (χ2v) is 3.31. The predicted octanol–water partition coefficient (Wildman–Crippen LogP) is 1.23. The minimum atomic E-state index is 0.302. The number of hydrogen-bond acceptors (Lipinski definition) is 1. The van der Waals surface area contributed by atoms with Gasteiger partial charge in [0.2, 0.25) is 0 Å². The Hall–Kier alpha value is -0.860. The Morgan fingerprint density at radius 1 is 1.31 bits per heavy atom. The third-order valence-electron chi connectivity index (χ3n) is 2.24. The Morgan fingerprint density at radius 3 is 2.85 bits per heavy atom. The molecule has 69 valence electrons. The molecule has 1 aliphatic heterocycles. The first-order valence-corrected chi connectivity index (χ1v) is 4.74. The van der Waals surface area contributed by atoms with Crippen LogP contribution < -0.4 is 5.32 Å². The maximum Gasteiger partial charge on any atom is 0.0757 e. The molecule has 0 aromatic heterocycles. The first-order valence-electron chi connectivity index (χ1n) is 4.74. The fourth-order valence-electron chi connectivity index (χ4n) is 1.57. The zero-order valence-electron chi connectivity index (χ0n) is 7.65. The van der Waals surface area contributed by atoms with Crippen LogP contribution in [-0.2, 0) is 11.2 Å². The van der Waals surface area contributed by atoms with Gasteiger partial charge in [0.05, 0.1) is 12.7 Å². The van der Waals surface area contributed by atoms with Crippen LogP contribution in [-0.4, -0.2) is 25.8 Å². The molecule has 0 aliphatic carbocycles. The lowest BCUT2D eigenvalue weighted by Crippen LogP contribution is -2.35. The molecule has 0 saturated carbocycles. The molecule has 0 N–H and O–H groups in total. The van der Waals surface area contributed by atoms with Gasteiger partial charge in [0, 0.05) is 13.1 Å². The largest absolute Gasteiger partial charge is 0.375 e. The zero-order chi connectivity index (χ0) is 8.93. The van der Waals surface area contributed by atoms with Gasteiger partial charge in [0.1, 0.15) is 0 Å². The van der Waals surface area contributed by atoms with Gasteiger partial charge < -0.3 is 4.74 Å². The first-order chi connectivity index (χ1) is 6.45. The van der Waals surface area contributed by atoms with Crippen molar-refractivity contribution in [3.05, 3.63) is 35.9 Å². The summed E-state index contributed by atoms with van der Waals surface area (Å²) in [5.41, 5.74) is 1.34. The summed E-state index contributed by atoms with van der Waals surface area (Å²) in [4.78, 5) is 0. The Kier molecular flexibility index (Phi) is 2.95. The number of nitrogens with zero attached hydrogens (tertiary/aromatic N) is 1. The zero-order valence-corrected chi connectivity index (χ0v) is 7.65. The van der Waals surface area contributed by atoms with E-state index in [0.29, 0.717) is 6.10 Å². The van der Waals surface area contributed by atoms with Crippen molar-refractivity contribution in [2.24, 2.45) is 0 Å².